The molecule has 4 aliphatic rings. The number of likely N-dealkylation sites (tertiary alicyclic amines) is 1. The fourth-order valence-corrected chi connectivity index (χ4v) is 9.31. The summed E-state index contributed by atoms with van der Waals surface area (Å²) in [5, 5.41) is 11.9. The molecule has 5 heteroatoms. The Balaban J connectivity index is 1.74. The third-order valence-corrected chi connectivity index (χ3v) is 9.80. The van der Waals surface area contributed by atoms with Crippen molar-refractivity contribution in [3.63, 3.8) is 0 Å². The van der Waals surface area contributed by atoms with Gasteiger partial charge in [0, 0.05) is 24.5 Å². The third-order valence-electron chi connectivity index (χ3n) is 9.80. The van der Waals surface area contributed by atoms with Crippen molar-refractivity contribution in [2.75, 3.05) is 6.54 Å². The topological polar surface area (TPSA) is 40.5 Å². The largest absolute Gasteiger partial charge is 0.399 e. The third kappa shape index (κ3) is 2.62. The zero-order valence-corrected chi connectivity index (χ0v) is 18.4. The van der Waals surface area contributed by atoms with Gasteiger partial charge in [0.1, 0.15) is 15.7 Å². The van der Waals surface area contributed by atoms with E-state index in [-0.39, 0.29) is 10.8 Å². The number of carbonyl (C=O) groups is 1. The van der Waals surface area contributed by atoms with Crippen molar-refractivity contribution < 1.29 is 9.90 Å². The van der Waals surface area contributed by atoms with Crippen molar-refractivity contribution in [2.45, 2.75) is 90.0 Å². The Hall–Kier alpha value is -0.440. The lowest BCUT2D eigenvalue weighted by atomic mass is 9.38. The minimum atomic E-state index is -0.624. The number of rotatable bonds is 2. The van der Waals surface area contributed by atoms with E-state index in [2.05, 4.69) is 48.3 Å². The van der Waals surface area contributed by atoms with E-state index in [1.54, 1.807) is 0 Å². The average molecular weight is 371 g/mol. The Morgan fingerprint density at radius 3 is 2.56 bits per heavy atom. The maximum Gasteiger partial charge on any atom is 0.222 e. The van der Waals surface area contributed by atoms with Crippen molar-refractivity contribution in [1.29, 1.82) is 0 Å². The van der Waals surface area contributed by atoms with Crippen LogP contribution in [0.1, 0.15) is 72.6 Å². The molecule has 1 heterocycles. The maximum absolute atomic E-state index is 12.6. The maximum atomic E-state index is 12.6. The van der Waals surface area contributed by atoms with Crippen molar-refractivity contribution in [1.82, 2.24) is 4.90 Å². The van der Waals surface area contributed by atoms with E-state index >= 15 is 0 Å². The standard InChI is InChI=1S/C22H39B2NO2/c1-5-25-17-9-6-14-16-8-7-15(13(2)23)21(16,4)12-22(24,27)19(14)20(17,3)11-10-18(25)26/h13-17,19,27H,5-12,23-24H2,1-4H3/t13?,14?,15?,16?,17?,19?,20-,21+,22-/m0/s1. The SMILES string of the molecule is BC(C)C1CCC2C3CCC4N(CC)C(=O)CC[C@]4(C)C3[C@@](B)(O)C[C@]12C. The normalized spacial score (nSPS) is 53.4. The van der Waals surface area contributed by atoms with Gasteiger partial charge in [0.05, 0.1) is 0 Å². The zero-order valence-electron chi connectivity index (χ0n) is 18.4. The van der Waals surface area contributed by atoms with Gasteiger partial charge in [-0.25, -0.2) is 0 Å². The van der Waals surface area contributed by atoms with Crippen molar-refractivity contribution in [3.8, 4) is 0 Å². The van der Waals surface area contributed by atoms with E-state index in [0.29, 0.717) is 36.0 Å². The monoisotopic (exact) mass is 371 g/mol. The zero-order chi connectivity index (χ0) is 19.8. The van der Waals surface area contributed by atoms with Crippen LogP contribution in [0.25, 0.3) is 0 Å². The summed E-state index contributed by atoms with van der Waals surface area (Å²) in [6, 6.07) is 0.322. The lowest BCUT2D eigenvalue weighted by Gasteiger charge is -2.66. The molecule has 1 amide bonds. The Kier molecular flexibility index (Phi) is 4.62. The summed E-state index contributed by atoms with van der Waals surface area (Å²) >= 11 is 0. The molecule has 0 spiro atoms. The highest BCUT2D eigenvalue weighted by Gasteiger charge is 2.67. The molecule has 0 radical (unpaired) electrons. The smallest absolute Gasteiger partial charge is 0.222 e. The molecule has 3 saturated carbocycles. The summed E-state index contributed by atoms with van der Waals surface area (Å²) in [6.07, 6.45) is 7.56. The summed E-state index contributed by atoms with van der Waals surface area (Å²) in [6.45, 7) is 10.2. The van der Waals surface area contributed by atoms with E-state index in [1.165, 1.54) is 19.3 Å². The van der Waals surface area contributed by atoms with Crippen LogP contribution in [0.15, 0.2) is 0 Å². The highest BCUT2D eigenvalue weighted by Crippen LogP contribution is 2.69. The molecule has 1 N–H and O–H groups in total. The van der Waals surface area contributed by atoms with Crippen molar-refractivity contribution >= 4 is 21.6 Å². The fraction of sp³-hybridized carbons (Fsp3) is 0.955. The second-order valence-electron chi connectivity index (χ2n) is 11.5. The van der Waals surface area contributed by atoms with Crippen molar-refractivity contribution in [3.05, 3.63) is 0 Å². The van der Waals surface area contributed by atoms with Crippen molar-refractivity contribution in [2.24, 2.45) is 34.5 Å². The Bertz CT molecular complexity index is 623. The van der Waals surface area contributed by atoms with Crippen LogP contribution in [0.3, 0.4) is 0 Å². The van der Waals surface area contributed by atoms with Crippen LogP contribution >= 0.6 is 0 Å². The van der Waals surface area contributed by atoms with E-state index in [4.69, 9.17) is 0 Å². The summed E-state index contributed by atoms with van der Waals surface area (Å²) in [7, 11) is 4.52. The first-order valence-corrected chi connectivity index (χ1v) is 11.6. The molecule has 150 valence electrons. The minimum Gasteiger partial charge on any atom is -0.399 e. The van der Waals surface area contributed by atoms with Gasteiger partial charge in [-0.2, -0.15) is 0 Å². The van der Waals surface area contributed by atoms with Gasteiger partial charge in [-0.1, -0.05) is 33.0 Å². The van der Waals surface area contributed by atoms with E-state index in [9.17, 15) is 9.90 Å². The van der Waals surface area contributed by atoms with Crippen LogP contribution in [0.2, 0.25) is 5.82 Å². The number of hydrogen-bond donors (Lipinski definition) is 1. The molecular formula is C22H39B2NO2. The second kappa shape index (κ2) is 6.28. The molecule has 0 aromatic carbocycles. The first-order chi connectivity index (χ1) is 12.6. The summed E-state index contributed by atoms with van der Waals surface area (Å²) in [4.78, 5) is 14.7. The number of nitrogens with zero attached hydrogens (tertiary/aromatic N) is 1. The quantitative estimate of drug-likeness (QED) is 0.757. The van der Waals surface area contributed by atoms with Crippen LogP contribution in [0, 0.1) is 34.5 Å². The van der Waals surface area contributed by atoms with E-state index in [0.717, 1.165) is 37.6 Å². The molecule has 4 fully saturated rings. The molecule has 3 nitrogen and oxygen atoms in total. The number of hydrogen-bond acceptors (Lipinski definition) is 2. The molecule has 0 aromatic heterocycles. The molecule has 9 atom stereocenters. The molecular weight excluding hydrogens is 332 g/mol. The number of carbonyl (C=O) groups excluding carboxylic acids is 1. The lowest BCUT2D eigenvalue weighted by molar-refractivity contribution is -0.197. The molecule has 0 bridgehead atoms. The predicted octanol–water partition coefficient (Wildman–Crippen LogP) is 2.23. The molecule has 1 saturated heterocycles. The van der Waals surface area contributed by atoms with Crippen LogP contribution in [0.5, 0.6) is 0 Å². The van der Waals surface area contributed by atoms with E-state index in [1.807, 2.05) is 0 Å². The number of piperidine rings is 1. The van der Waals surface area contributed by atoms with Gasteiger partial charge >= 0.3 is 0 Å². The average Bonchev–Trinajstić information content (AvgIpc) is 2.90. The predicted molar refractivity (Wildman–Crippen MR) is 115 cm³/mol. The van der Waals surface area contributed by atoms with Gasteiger partial charge in [0.15, 0.2) is 0 Å². The Morgan fingerprint density at radius 2 is 1.93 bits per heavy atom. The molecule has 6 unspecified atom stereocenters. The highest BCUT2D eigenvalue weighted by atomic mass is 16.3. The Labute approximate surface area is 167 Å². The van der Waals surface area contributed by atoms with Gasteiger partial charge in [0.2, 0.25) is 5.91 Å². The first-order valence-electron chi connectivity index (χ1n) is 11.6. The van der Waals surface area contributed by atoms with E-state index < -0.39 is 5.50 Å². The number of amides is 1. The second-order valence-corrected chi connectivity index (χ2v) is 11.5. The van der Waals surface area contributed by atoms with Gasteiger partial charge in [-0.15, -0.1) is 0 Å². The molecule has 3 aliphatic carbocycles. The molecule has 1 aliphatic heterocycles. The minimum absolute atomic E-state index is 0.0631. The van der Waals surface area contributed by atoms with Crippen LogP contribution in [-0.4, -0.2) is 49.7 Å². The lowest BCUT2D eigenvalue weighted by Crippen LogP contribution is -2.69. The van der Waals surface area contributed by atoms with Gasteiger partial charge in [-0.05, 0) is 73.5 Å². The van der Waals surface area contributed by atoms with Crippen LogP contribution < -0.4 is 0 Å². The van der Waals surface area contributed by atoms with Crippen LogP contribution in [0.4, 0.5) is 0 Å². The number of aliphatic hydroxyl groups is 1. The Morgan fingerprint density at radius 1 is 1.22 bits per heavy atom. The molecule has 4 rings (SSSR count). The van der Waals surface area contributed by atoms with Gasteiger partial charge in [0.25, 0.3) is 0 Å². The number of fused-ring (bicyclic) bond motifs is 5. The van der Waals surface area contributed by atoms with Gasteiger partial charge in [-0.3, -0.25) is 4.79 Å². The molecule has 27 heavy (non-hydrogen) atoms. The first kappa shape index (κ1) is 19.9. The van der Waals surface area contributed by atoms with Crippen LogP contribution in [-0.2, 0) is 4.79 Å². The summed E-state index contributed by atoms with van der Waals surface area (Å²) in [5.74, 6) is 3.47. The molecule has 0 aromatic rings. The summed E-state index contributed by atoms with van der Waals surface area (Å²) in [5.41, 5.74) is -0.287. The van der Waals surface area contributed by atoms with Gasteiger partial charge < -0.3 is 10.0 Å². The summed E-state index contributed by atoms with van der Waals surface area (Å²) < 4.78 is 0. The highest BCUT2D eigenvalue weighted by molar-refractivity contribution is 6.15. The fourth-order valence-electron chi connectivity index (χ4n) is 9.31.